The summed E-state index contributed by atoms with van der Waals surface area (Å²) in [6, 6.07) is 0.183. The van der Waals surface area contributed by atoms with Crippen molar-refractivity contribution in [2.24, 2.45) is 0 Å². The molecule has 1 atom stereocenters. The summed E-state index contributed by atoms with van der Waals surface area (Å²) in [4.78, 5) is 21.4. The highest BCUT2D eigenvalue weighted by Crippen LogP contribution is 2.31. The minimum atomic E-state index is -0.397. The molecule has 1 aromatic heterocycles. The molecule has 7 heteroatoms. The topological polar surface area (TPSA) is 84.2 Å². The highest BCUT2D eigenvalue weighted by molar-refractivity contribution is 5.62. The molecule has 0 saturated carbocycles. The van der Waals surface area contributed by atoms with E-state index in [1.54, 1.807) is 6.92 Å². The van der Waals surface area contributed by atoms with E-state index in [0.29, 0.717) is 30.5 Å². The fraction of sp³-hybridized carbons (Fsp3) is 0.692. The molecule has 20 heavy (non-hydrogen) atoms. The highest BCUT2D eigenvalue weighted by Gasteiger charge is 2.27. The van der Waals surface area contributed by atoms with Crippen LogP contribution in [-0.4, -0.2) is 34.0 Å². The van der Waals surface area contributed by atoms with Gasteiger partial charge in [0.1, 0.15) is 5.69 Å². The van der Waals surface area contributed by atoms with Gasteiger partial charge in [0.15, 0.2) is 0 Å². The Morgan fingerprint density at radius 1 is 1.35 bits per heavy atom. The summed E-state index contributed by atoms with van der Waals surface area (Å²) in [6.07, 6.45) is 0.893. The second-order valence-corrected chi connectivity index (χ2v) is 4.64. The van der Waals surface area contributed by atoms with Gasteiger partial charge in [-0.25, -0.2) is 4.98 Å². The van der Waals surface area contributed by atoms with Crippen LogP contribution >= 0.6 is 0 Å². The molecule has 1 N–H and O–H groups in total. The molecule has 1 rings (SSSR count). The van der Waals surface area contributed by atoms with Crippen LogP contribution in [0.5, 0.6) is 0 Å². The quantitative estimate of drug-likeness (QED) is 0.611. The van der Waals surface area contributed by atoms with Crippen molar-refractivity contribution < 1.29 is 4.92 Å². The Balaban J connectivity index is 3.41. The van der Waals surface area contributed by atoms with Crippen molar-refractivity contribution in [3.05, 3.63) is 15.8 Å². The Bertz CT molecular complexity index is 478. The predicted molar refractivity (Wildman–Crippen MR) is 80.4 cm³/mol. The second-order valence-electron chi connectivity index (χ2n) is 4.64. The first-order valence-electron chi connectivity index (χ1n) is 6.99. The number of nitrogens with one attached hydrogen (secondary N) is 1. The Hall–Kier alpha value is -1.92. The largest absolute Gasteiger partial charge is 0.354 e. The average molecular weight is 281 g/mol. The van der Waals surface area contributed by atoms with Gasteiger partial charge in [-0.1, -0.05) is 6.92 Å². The molecule has 0 aliphatic heterocycles. The van der Waals surface area contributed by atoms with Gasteiger partial charge in [-0.2, -0.15) is 4.98 Å². The molecule has 1 unspecified atom stereocenters. The lowest BCUT2D eigenvalue weighted by atomic mass is 10.2. The number of hydrogen-bond donors (Lipinski definition) is 1. The van der Waals surface area contributed by atoms with Gasteiger partial charge >= 0.3 is 5.69 Å². The molecule has 0 aliphatic rings. The highest BCUT2D eigenvalue weighted by atomic mass is 16.6. The van der Waals surface area contributed by atoms with Crippen LogP contribution in [0.25, 0.3) is 0 Å². The van der Waals surface area contributed by atoms with Crippen LogP contribution in [0.4, 0.5) is 17.5 Å². The third kappa shape index (κ3) is 3.34. The van der Waals surface area contributed by atoms with Crippen LogP contribution in [0.15, 0.2) is 0 Å². The summed E-state index contributed by atoms with van der Waals surface area (Å²) in [7, 11) is 0. The molecule has 0 saturated heterocycles. The summed E-state index contributed by atoms with van der Waals surface area (Å²) in [5.41, 5.74) is 0.381. The number of rotatable bonds is 7. The molecule has 1 heterocycles. The zero-order chi connectivity index (χ0) is 15.3. The molecule has 112 valence electrons. The van der Waals surface area contributed by atoms with E-state index in [9.17, 15) is 10.1 Å². The lowest BCUT2D eigenvalue weighted by molar-refractivity contribution is -0.385. The minimum absolute atomic E-state index is 0.00574. The van der Waals surface area contributed by atoms with Gasteiger partial charge in [-0.3, -0.25) is 10.1 Å². The number of nitrogens with zero attached hydrogens (tertiary/aromatic N) is 4. The van der Waals surface area contributed by atoms with E-state index in [0.717, 1.165) is 6.42 Å². The molecule has 0 amide bonds. The molecule has 0 bridgehead atoms. The smallest absolute Gasteiger partial charge is 0.332 e. The first-order valence-corrected chi connectivity index (χ1v) is 6.99. The number of aryl methyl sites for hydroxylation is 1. The number of aromatic nitrogens is 2. The summed E-state index contributed by atoms with van der Waals surface area (Å²) in [6.45, 7) is 11.0. The first-order chi connectivity index (χ1) is 9.46. The Morgan fingerprint density at radius 3 is 2.45 bits per heavy atom. The predicted octanol–water partition coefficient (Wildman–Crippen LogP) is 2.75. The number of nitro groups is 1. The van der Waals surface area contributed by atoms with E-state index in [1.807, 2.05) is 25.7 Å². The Labute approximate surface area is 119 Å². The number of hydrogen-bond acceptors (Lipinski definition) is 6. The monoisotopic (exact) mass is 281 g/mol. The molecule has 0 spiro atoms. The van der Waals surface area contributed by atoms with Crippen molar-refractivity contribution >= 4 is 17.5 Å². The van der Waals surface area contributed by atoms with E-state index in [1.165, 1.54) is 0 Å². The molecular weight excluding hydrogens is 258 g/mol. The van der Waals surface area contributed by atoms with E-state index in [4.69, 9.17) is 0 Å². The zero-order valence-electron chi connectivity index (χ0n) is 12.8. The average Bonchev–Trinajstić information content (AvgIpc) is 2.38. The maximum absolute atomic E-state index is 11.3. The molecule has 0 radical (unpaired) electrons. The van der Waals surface area contributed by atoms with Gasteiger partial charge in [0.2, 0.25) is 11.8 Å². The fourth-order valence-electron chi connectivity index (χ4n) is 2.09. The van der Waals surface area contributed by atoms with Crippen LogP contribution in [0.1, 0.15) is 39.8 Å². The van der Waals surface area contributed by atoms with Gasteiger partial charge in [-0.05, 0) is 34.1 Å². The van der Waals surface area contributed by atoms with Crippen molar-refractivity contribution in [1.82, 2.24) is 9.97 Å². The minimum Gasteiger partial charge on any atom is -0.354 e. The molecule has 1 aromatic rings. The summed E-state index contributed by atoms with van der Waals surface area (Å²) in [5, 5.41) is 14.3. The van der Waals surface area contributed by atoms with E-state index < -0.39 is 4.92 Å². The molecule has 0 fully saturated rings. The van der Waals surface area contributed by atoms with Crippen molar-refractivity contribution in [2.75, 3.05) is 23.3 Å². The van der Waals surface area contributed by atoms with Gasteiger partial charge in [0.25, 0.3) is 0 Å². The van der Waals surface area contributed by atoms with E-state index >= 15 is 0 Å². The molecular formula is C13H23N5O2. The van der Waals surface area contributed by atoms with E-state index in [-0.39, 0.29) is 11.7 Å². The van der Waals surface area contributed by atoms with Gasteiger partial charge in [-0.15, -0.1) is 0 Å². The summed E-state index contributed by atoms with van der Waals surface area (Å²) < 4.78 is 0. The maximum atomic E-state index is 11.3. The molecule has 0 aliphatic carbocycles. The van der Waals surface area contributed by atoms with Crippen LogP contribution in [0, 0.1) is 17.0 Å². The van der Waals surface area contributed by atoms with E-state index in [2.05, 4.69) is 22.2 Å². The third-order valence-electron chi connectivity index (χ3n) is 3.29. The lowest BCUT2D eigenvalue weighted by Crippen LogP contribution is -2.34. The number of anilines is 2. The standard InChI is InChI=1S/C13H23N5O2/c1-6-9(4)17(8-3)12-11(18(19)20)10(5)15-13(16-12)14-7-2/h9H,6-8H2,1-5H3,(H,14,15,16). The normalized spacial score (nSPS) is 12.1. The Kier molecular flexibility index (Phi) is 5.66. The van der Waals surface area contributed by atoms with Crippen LogP contribution < -0.4 is 10.2 Å². The zero-order valence-corrected chi connectivity index (χ0v) is 12.8. The Morgan fingerprint density at radius 2 is 2.00 bits per heavy atom. The van der Waals surface area contributed by atoms with Crippen molar-refractivity contribution in [1.29, 1.82) is 0 Å². The van der Waals surface area contributed by atoms with Gasteiger partial charge in [0, 0.05) is 19.1 Å². The van der Waals surface area contributed by atoms with Gasteiger partial charge < -0.3 is 10.2 Å². The van der Waals surface area contributed by atoms with Crippen LogP contribution in [0.3, 0.4) is 0 Å². The van der Waals surface area contributed by atoms with Crippen LogP contribution in [-0.2, 0) is 0 Å². The maximum Gasteiger partial charge on any atom is 0.332 e. The summed E-state index contributed by atoms with van der Waals surface area (Å²) >= 11 is 0. The lowest BCUT2D eigenvalue weighted by Gasteiger charge is -2.28. The first kappa shape index (κ1) is 16.1. The third-order valence-corrected chi connectivity index (χ3v) is 3.29. The van der Waals surface area contributed by atoms with Crippen LogP contribution in [0.2, 0.25) is 0 Å². The fourth-order valence-corrected chi connectivity index (χ4v) is 2.09. The van der Waals surface area contributed by atoms with Crippen molar-refractivity contribution in [2.45, 2.75) is 47.1 Å². The molecule has 0 aromatic carbocycles. The SMILES string of the molecule is CCNc1nc(C)c([N+](=O)[O-])c(N(CC)C(C)CC)n1. The van der Waals surface area contributed by atoms with Crippen molar-refractivity contribution in [3.63, 3.8) is 0 Å². The summed E-state index contributed by atoms with van der Waals surface area (Å²) in [5.74, 6) is 0.836. The molecule has 7 nitrogen and oxygen atoms in total. The second kappa shape index (κ2) is 7.02. The van der Waals surface area contributed by atoms with Crippen molar-refractivity contribution in [3.8, 4) is 0 Å². The van der Waals surface area contributed by atoms with Gasteiger partial charge in [0.05, 0.1) is 4.92 Å².